The lowest BCUT2D eigenvalue weighted by atomic mass is 9.84. The molecular weight excluding hydrogens is 232 g/mol. The average molecular weight is 260 g/mol. The minimum absolute atomic E-state index is 0.166. The highest BCUT2D eigenvalue weighted by Gasteiger charge is 2.18. The summed E-state index contributed by atoms with van der Waals surface area (Å²) >= 11 is 1.86. The van der Waals surface area contributed by atoms with Gasteiger partial charge in [-0.05, 0) is 37.5 Å². The Morgan fingerprint density at radius 3 is 2.59 bits per heavy atom. The van der Waals surface area contributed by atoms with Crippen molar-refractivity contribution in [1.82, 2.24) is 5.32 Å². The average Bonchev–Trinajstić information content (AvgIpc) is 2.24. The number of carbonyl (C=O) groups excluding carboxylic acids is 1. The van der Waals surface area contributed by atoms with Crippen LogP contribution in [-0.2, 0) is 4.79 Å². The van der Waals surface area contributed by atoms with Crippen LogP contribution in [0.3, 0.4) is 0 Å². The number of nitrogens with one attached hydrogen (secondary N) is 1. The first-order chi connectivity index (χ1) is 7.91. The van der Waals surface area contributed by atoms with Crippen LogP contribution in [0.1, 0.15) is 47.0 Å². The Morgan fingerprint density at radius 1 is 1.41 bits per heavy atom. The SMILES string of the molecule is CCSCC(C)NC(=O)CCC(C)(C)CCN. The summed E-state index contributed by atoms with van der Waals surface area (Å²) in [6.07, 6.45) is 2.49. The fourth-order valence-corrected chi connectivity index (χ4v) is 2.32. The monoisotopic (exact) mass is 260 g/mol. The van der Waals surface area contributed by atoms with Crippen LogP contribution in [-0.4, -0.2) is 30.0 Å². The molecule has 0 aliphatic carbocycles. The molecule has 0 aliphatic rings. The highest BCUT2D eigenvalue weighted by Crippen LogP contribution is 2.25. The second kappa shape index (κ2) is 8.81. The van der Waals surface area contributed by atoms with Crippen molar-refractivity contribution < 1.29 is 4.79 Å². The maximum Gasteiger partial charge on any atom is 0.220 e. The van der Waals surface area contributed by atoms with Crippen molar-refractivity contribution in [1.29, 1.82) is 0 Å². The maximum absolute atomic E-state index is 11.7. The number of hydrogen-bond donors (Lipinski definition) is 2. The molecule has 0 aromatic rings. The second-order valence-electron chi connectivity index (χ2n) is 5.33. The summed E-state index contributed by atoms with van der Waals surface area (Å²) in [5.74, 6) is 2.26. The van der Waals surface area contributed by atoms with Gasteiger partial charge >= 0.3 is 0 Å². The molecule has 0 fully saturated rings. The van der Waals surface area contributed by atoms with Crippen LogP contribution in [0, 0.1) is 5.41 Å². The van der Waals surface area contributed by atoms with Gasteiger partial charge in [0.15, 0.2) is 0 Å². The molecule has 102 valence electrons. The van der Waals surface area contributed by atoms with Crippen LogP contribution in [0.25, 0.3) is 0 Å². The van der Waals surface area contributed by atoms with E-state index in [9.17, 15) is 4.79 Å². The Balaban J connectivity index is 3.79. The number of nitrogens with two attached hydrogens (primary N) is 1. The molecule has 0 heterocycles. The highest BCUT2D eigenvalue weighted by atomic mass is 32.2. The molecule has 3 N–H and O–H groups in total. The maximum atomic E-state index is 11.7. The van der Waals surface area contributed by atoms with Crippen molar-refractivity contribution in [3.63, 3.8) is 0 Å². The van der Waals surface area contributed by atoms with Crippen molar-refractivity contribution in [2.75, 3.05) is 18.1 Å². The van der Waals surface area contributed by atoms with E-state index < -0.39 is 0 Å². The Bertz CT molecular complexity index is 219. The molecule has 0 saturated carbocycles. The first-order valence-corrected chi connectivity index (χ1v) is 7.64. The quantitative estimate of drug-likeness (QED) is 0.669. The first-order valence-electron chi connectivity index (χ1n) is 6.48. The predicted octanol–water partition coefficient (Wildman–Crippen LogP) is 2.40. The summed E-state index contributed by atoms with van der Waals surface area (Å²) < 4.78 is 0. The fraction of sp³-hybridized carbons (Fsp3) is 0.923. The van der Waals surface area contributed by atoms with Crippen LogP contribution in [0.4, 0.5) is 0 Å². The van der Waals surface area contributed by atoms with Gasteiger partial charge in [-0.2, -0.15) is 11.8 Å². The third kappa shape index (κ3) is 9.48. The molecule has 0 aliphatic heterocycles. The number of hydrogen-bond acceptors (Lipinski definition) is 3. The predicted molar refractivity (Wildman–Crippen MR) is 77.3 cm³/mol. The number of thioether (sulfide) groups is 1. The third-order valence-corrected chi connectivity index (χ3v) is 3.97. The van der Waals surface area contributed by atoms with E-state index in [4.69, 9.17) is 5.73 Å². The number of carbonyl (C=O) groups is 1. The highest BCUT2D eigenvalue weighted by molar-refractivity contribution is 7.99. The Kier molecular flexibility index (Phi) is 8.70. The molecule has 1 atom stereocenters. The lowest BCUT2D eigenvalue weighted by Gasteiger charge is -2.23. The van der Waals surface area contributed by atoms with Gasteiger partial charge in [0.1, 0.15) is 0 Å². The zero-order valence-corrected chi connectivity index (χ0v) is 12.5. The van der Waals surface area contributed by atoms with E-state index in [2.05, 4.69) is 33.0 Å². The van der Waals surface area contributed by atoms with E-state index >= 15 is 0 Å². The zero-order chi connectivity index (χ0) is 13.3. The van der Waals surface area contributed by atoms with Crippen LogP contribution >= 0.6 is 11.8 Å². The lowest BCUT2D eigenvalue weighted by molar-refractivity contribution is -0.122. The Morgan fingerprint density at radius 2 is 2.06 bits per heavy atom. The van der Waals surface area contributed by atoms with Gasteiger partial charge in [0.2, 0.25) is 5.91 Å². The lowest BCUT2D eigenvalue weighted by Crippen LogP contribution is -2.35. The molecule has 0 aromatic carbocycles. The van der Waals surface area contributed by atoms with Crippen molar-refractivity contribution in [2.45, 2.75) is 53.0 Å². The number of amides is 1. The van der Waals surface area contributed by atoms with E-state index in [1.165, 1.54) is 0 Å². The molecule has 17 heavy (non-hydrogen) atoms. The molecular formula is C13H28N2OS. The molecule has 1 amide bonds. The summed E-state index contributed by atoms with van der Waals surface area (Å²) in [7, 11) is 0. The van der Waals surface area contributed by atoms with E-state index in [-0.39, 0.29) is 17.4 Å². The first kappa shape index (κ1) is 16.8. The summed E-state index contributed by atoms with van der Waals surface area (Å²) in [6, 6.07) is 0.269. The Hall–Kier alpha value is -0.220. The van der Waals surface area contributed by atoms with Gasteiger partial charge in [0.05, 0.1) is 0 Å². The van der Waals surface area contributed by atoms with Crippen LogP contribution in [0.15, 0.2) is 0 Å². The molecule has 0 saturated heterocycles. The molecule has 0 rings (SSSR count). The summed E-state index contributed by atoms with van der Waals surface area (Å²) in [4.78, 5) is 11.7. The van der Waals surface area contributed by atoms with E-state index in [0.717, 1.165) is 24.3 Å². The van der Waals surface area contributed by atoms with E-state index in [1.54, 1.807) is 0 Å². The van der Waals surface area contributed by atoms with Gasteiger partial charge in [-0.3, -0.25) is 4.79 Å². The van der Waals surface area contributed by atoms with E-state index in [1.807, 2.05) is 11.8 Å². The van der Waals surface area contributed by atoms with Crippen LogP contribution < -0.4 is 11.1 Å². The molecule has 0 aromatic heterocycles. The van der Waals surface area contributed by atoms with Gasteiger partial charge in [0.25, 0.3) is 0 Å². The topological polar surface area (TPSA) is 55.1 Å². The van der Waals surface area contributed by atoms with Gasteiger partial charge in [-0.25, -0.2) is 0 Å². The largest absolute Gasteiger partial charge is 0.353 e. The molecule has 0 bridgehead atoms. The minimum Gasteiger partial charge on any atom is -0.353 e. The van der Waals surface area contributed by atoms with Crippen molar-refractivity contribution in [3.05, 3.63) is 0 Å². The van der Waals surface area contributed by atoms with Gasteiger partial charge < -0.3 is 11.1 Å². The number of rotatable bonds is 9. The minimum atomic E-state index is 0.166. The van der Waals surface area contributed by atoms with Crippen LogP contribution in [0.5, 0.6) is 0 Å². The van der Waals surface area contributed by atoms with Gasteiger partial charge in [0, 0.05) is 18.2 Å². The fourth-order valence-electron chi connectivity index (χ4n) is 1.65. The zero-order valence-electron chi connectivity index (χ0n) is 11.7. The standard InChI is InChI=1S/C13H28N2OS/c1-5-17-10-11(2)15-12(16)6-7-13(3,4)8-9-14/h11H,5-10,14H2,1-4H3,(H,15,16). The molecule has 3 nitrogen and oxygen atoms in total. The molecule has 4 heteroatoms. The molecule has 0 spiro atoms. The Labute approximate surface area is 110 Å². The van der Waals surface area contributed by atoms with Crippen molar-refractivity contribution in [2.24, 2.45) is 11.1 Å². The van der Waals surface area contributed by atoms with Gasteiger partial charge in [-0.1, -0.05) is 20.8 Å². The van der Waals surface area contributed by atoms with Crippen molar-refractivity contribution >= 4 is 17.7 Å². The van der Waals surface area contributed by atoms with E-state index in [0.29, 0.717) is 13.0 Å². The third-order valence-electron chi connectivity index (χ3n) is 2.83. The smallest absolute Gasteiger partial charge is 0.220 e. The molecule has 1 unspecified atom stereocenters. The second-order valence-corrected chi connectivity index (χ2v) is 6.65. The van der Waals surface area contributed by atoms with Gasteiger partial charge in [-0.15, -0.1) is 0 Å². The van der Waals surface area contributed by atoms with Crippen molar-refractivity contribution in [3.8, 4) is 0 Å². The summed E-state index contributed by atoms with van der Waals surface area (Å²) in [6.45, 7) is 9.23. The van der Waals surface area contributed by atoms with Crippen LogP contribution in [0.2, 0.25) is 0 Å². The normalized spacial score (nSPS) is 13.5. The summed E-state index contributed by atoms with van der Waals surface area (Å²) in [5.41, 5.74) is 5.73. The summed E-state index contributed by atoms with van der Waals surface area (Å²) in [5, 5.41) is 3.04. The molecule has 0 radical (unpaired) electrons.